The SMILES string of the molecule is Cc1nc2ccc(CC3(C)C(N)=NC(C)(c4cc(F)ccc4F)CS3(=O)=O)cc2o1. The van der Waals surface area contributed by atoms with E-state index in [-0.39, 0.29) is 17.8 Å². The first-order valence-electron chi connectivity index (χ1n) is 9.33. The summed E-state index contributed by atoms with van der Waals surface area (Å²) in [5.74, 6) is -1.55. The van der Waals surface area contributed by atoms with Crippen molar-refractivity contribution in [2.75, 3.05) is 5.75 Å². The van der Waals surface area contributed by atoms with E-state index < -0.39 is 37.5 Å². The minimum atomic E-state index is -3.90. The zero-order chi connectivity index (χ0) is 21.9. The van der Waals surface area contributed by atoms with Crippen LogP contribution in [-0.4, -0.2) is 29.7 Å². The molecule has 0 spiro atoms. The van der Waals surface area contributed by atoms with E-state index in [0.717, 1.165) is 18.2 Å². The van der Waals surface area contributed by atoms with Crippen LogP contribution in [0.15, 0.2) is 45.8 Å². The van der Waals surface area contributed by atoms with Crippen LogP contribution in [0.3, 0.4) is 0 Å². The Balaban J connectivity index is 1.78. The Morgan fingerprint density at radius 3 is 2.60 bits per heavy atom. The molecule has 2 unspecified atom stereocenters. The number of sulfone groups is 1. The highest BCUT2D eigenvalue weighted by Crippen LogP contribution is 2.39. The van der Waals surface area contributed by atoms with Gasteiger partial charge in [-0.05, 0) is 56.2 Å². The average molecular weight is 433 g/mol. The monoisotopic (exact) mass is 433 g/mol. The van der Waals surface area contributed by atoms with Gasteiger partial charge in [0, 0.05) is 12.5 Å². The van der Waals surface area contributed by atoms with E-state index in [9.17, 15) is 17.2 Å². The molecule has 1 aliphatic rings. The summed E-state index contributed by atoms with van der Waals surface area (Å²) in [6.45, 7) is 4.67. The first-order valence-corrected chi connectivity index (χ1v) is 11.0. The van der Waals surface area contributed by atoms with Gasteiger partial charge >= 0.3 is 0 Å². The molecular formula is C21H21F2N3O3S. The number of aryl methyl sites for hydroxylation is 1. The molecule has 30 heavy (non-hydrogen) atoms. The van der Waals surface area contributed by atoms with Gasteiger partial charge in [-0.1, -0.05) is 6.07 Å². The molecule has 0 amide bonds. The van der Waals surface area contributed by atoms with Crippen LogP contribution in [0, 0.1) is 18.6 Å². The average Bonchev–Trinajstić information content (AvgIpc) is 3.01. The summed E-state index contributed by atoms with van der Waals surface area (Å²) in [6, 6.07) is 8.13. The van der Waals surface area contributed by atoms with Crippen LogP contribution < -0.4 is 5.73 Å². The van der Waals surface area contributed by atoms with Gasteiger partial charge in [-0.15, -0.1) is 0 Å². The fourth-order valence-corrected chi connectivity index (χ4v) is 5.97. The van der Waals surface area contributed by atoms with Gasteiger partial charge < -0.3 is 10.2 Å². The molecular weight excluding hydrogens is 412 g/mol. The van der Waals surface area contributed by atoms with E-state index in [2.05, 4.69) is 9.98 Å². The zero-order valence-corrected chi connectivity index (χ0v) is 17.6. The molecule has 4 rings (SSSR count). The third-order valence-electron chi connectivity index (χ3n) is 5.68. The number of hydrogen-bond acceptors (Lipinski definition) is 6. The molecule has 0 fully saturated rings. The maximum Gasteiger partial charge on any atom is 0.192 e. The number of benzene rings is 2. The lowest BCUT2D eigenvalue weighted by molar-refractivity contribution is 0.466. The lowest BCUT2D eigenvalue weighted by atomic mass is 9.92. The van der Waals surface area contributed by atoms with Crippen LogP contribution in [-0.2, 0) is 21.8 Å². The molecule has 1 aliphatic heterocycles. The molecule has 6 nitrogen and oxygen atoms in total. The Hall–Kier alpha value is -2.81. The summed E-state index contributed by atoms with van der Waals surface area (Å²) in [5.41, 5.74) is 6.40. The summed E-state index contributed by atoms with van der Waals surface area (Å²) in [7, 11) is -3.90. The minimum absolute atomic E-state index is 0.0576. The van der Waals surface area contributed by atoms with Gasteiger partial charge in [0.25, 0.3) is 0 Å². The number of aliphatic imine (C=N–C) groups is 1. The maximum atomic E-state index is 14.4. The lowest BCUT2D eigenvalue weighted by Crippen LogP contribution is -2.57. The van der Waals surface area contributed by atoms with Crippen molar-refractivity contribution in [3.05, 3.63) is 65.1 Å². The molecule has 0 radical (unpaired) electrons. The Kier molecular flexibility index (Phi) is 4.50. The van der Waals surface area contributed by atoms with Gasteiger partial charge in [-0.3, -0.25) is 4.99 Å². The van der Waals surface area contributed by atoms with Gasteiger partial charge in [-0.25, -0.2) is 22.2 Å². The molecule has 0 saturated carbocycles. The molecule has 0 aliphatic carbocycles. The summed E-state index contributed by atoms with van der Waals surface area (Å²) in [6.07, 6.45) is 0.0576. The van der Waals surface area contributed by atoms with E-state index >= 15 is 0 Å². The molecule has 158 valence electrons. The normalized spacial score (nSPS) is 26.0. The number of nitrogens with zero attached hydrogens (tertiary/aromatic N) is 2. The molecule has 2 N–H and O–H groups in total. The lowest BCUT2D eigenvalue weighted by Gasteiger charge is -2.40. The summed E-state index contributed by atoms with van der Waals surface area (Å²) in [4.78, 5) is 8.60. The van der Waals surface area contributed by atoms with Crippen LogP contribution in [0.5, 0.6) is 0 Å². The predicted molar refractivity (Wildman–Crippen MR) is 110 cm³/mol. The van der Waals surface area contributed by atoms with Crippen LogP contribution in [0.4, 0.5) is 8.78 Å². The Morgan fingerprint density at radius 2 is 1.90 bits per heavy atom. The topological polar surface area (TPSA) is 98.5 Å². The van der Waals surface area contributed by atoms with Crippen molar-refractivity contribution in [2.45, 2.75) is 37.5 Å². The Morgan fingerprint density at radius 1 is 1.17 bits per heavy atom. The van der Waals surface area contributed by atoms with E-state index in [1.807, 2.05) is 0 Å². The molecule has 0 saturated heterocycles. The second-order valence-corrected chi connectivity index (χ2v) is 10.5. The molecule has 2 aromatic carbocycles. The molecule has 2 heterocycles. The molecule has 3 aromatic rings. The minimum Gasteiger partial charge on any atom is -0.441 e. The molecule has 1 aromatic heterocycles. The van der Waals surface area contributed by atoms with Crippen LogP contribution >= 0.6 is 0 Å². The summed E-state index contributed by atoms with van der Waals surface area (Å²) in [5, 5.41) is 0. The van der Waals surface area contributed by atoms with E-state index in [1.54, 1.807) is 25.1 Å². The quantitative estimate of drug-likeness (QED) is 0.682. The summed E-state index contributed by atoms with van der Waals surface area (Å²) >= 11 is 0. The van der Waals surface area contributed by atoms with Gasteiger partial charge in [-0.2, -0.15) is 0 Å². The highest BCUT2D eigenvalue weighted by atomic mass is 32.2. The number of amidine groups is 1. The van der Waals surface area contributed by atoms with Crippen LogP contribution in [0.2, 0.25) is 0 Å². The highest BCUT2D eigenvalue weighted by Gasteiger charge is 2.52. The number of aromatic nitrogens is 1. The number of nitrogens with two attached hydrogens (primary N) is 1. The van der Waals surface area contributed by atoms with Crippen LogP contribution in [0.1, 0.15) is 30.9 Å². The first-order chi connectivity index (χ1) is 13.9. The predicted octanol–water partition coefficient (Wildman–Crippen LogP) is 3.42. The van der Waals surface area contributed by atoms with E-state index in [1.165, 1.54) is 13.8 Å². The fraction of sp³-hybridized carbons (Fsp3) is 0.333. The number of fused-ring (bicyclic) bond motifs is 1. The highest BCUT2D eigenvalue weighted by molar-refractivity contribution is 7.93. The van der Waals surface area contributed by atoms with Crippen molar-refractivity contribution in [3.8, 4) is 0 Å². The number of halogens is 2. The standard InChI is InChI=1S/C21H21F2N3O3S/c1-12-25-17-7-4-13(8-18(17)29-12)10-21(3)19(24)26-20(2,11-30(21,27)28)15-9-14(22)5-6-16(15)23/h4-9H,10-11H2,1-3H3,(H2,24,26). The van der Waals surface area contributed by atoms with Gasteiger partial charge in [0.05, 0.1) is 5.75 Å². The van der Waals surface area contributed by atoms with Crippen molar-refractivity contribution in [3.63, 3.8) is 0 Å². The van der Waals surface area contributed by atoms with Crippen molar-refractivity contribution in [2.24, 2.45) is 10.7 Å². The van der Waals surface area contributed by atoms with Crippen molar-refractivity contribution < 1.29 is 21.6 Å². The van der Waals surface area contributed by atoms with E-state index in [0.29, 0.717) is 22.6 Å². The first kappa shape index (κ1) is 20.5. The molecule has 9 heteroatoms. The van der Waals surface area contributed by atoms with Crippen molar-refractivity contribution in [1.29, 1.82) is 0 Å². The smallest absolute Gasteiger partial charge is 0.192 e. The largest absolute Gasteiger partial charge is 0.441 e. The third-order valence-corrected chi connectivity index (χ3v) is 8.34. The number of rotatable bonds is 3. The Bertz CT molecular complexity index is 1300. The van der Waals surface area contributed by atoms with E-state index in [4.69, 9.17) is 10.2 Å². The Labute approximate surface area is 172 Å². The second-order valence-electron chi connectivity index (χ2n) is 8.10. The van der Waals surface area contributed by atoms with Gasteiger partial charge in [0.2, 0.25) is 0 Å². The summed E-state index contributed by atoms with van der Waals surface area (Å²) < 4.78 is 58.8. The fourth-order valence-electron chi connectivity index (χ4n) is 3.94. The molecule has 0 bridgehead atoms. The number of hydrogen-bond donors (Lipinski definition) is 1. The molecule has 2 atom stereocenters. The van der Waals surface area contributed by atoms with Crippen molar-refractivity contribution >= 4 is 26.8 Å². The van der Waals surface area contributed by atoms with Crippen LogP contribution in [0.25, 0.3) is 11.1 Å². The second kappa shape index (κ2) is 6.60. The van der Waals surface area contributed by atoms with Gasteiger partial charge in [0.1, 0.15) is 33.3 Å². The van der Waals surface area contributed by atoms with Gasteiger partial charge in [0.15, 0.2) is 21.3 Å². The van der Waals surface area contributed by atoms with Crippen molar-refractivity contribution in [1.82, 2.24) is 4.98 Å². The zero-order valence-electron chi connectivity index (χ0n) is 16.7. The number of oxazole rings is 1. The maximum absolute atomic E-state index is 14.4. The third kappa shape index (κ3) is 3.17.